The van der Waals surface area contributed by atoms with E-state index in [1.54, 1.807) is 0 Å². The van der Waals surface area contributed by atoms with Crippen molar-refractivity contribution in [3.05, 3.63) is 59.7 Å². The summed E-state index contributed by atoms with van der Waals surface area (Å²) >= 11 is 0. The van der Waals surface area contributed by atoms with Gasteiger partial charge in [0.15, 0.2) is 6.04 Å². The van der Waals surface area contributed by atoms with Crippen LogP contribution in [-0.2, 0) is 19.1 Å². The third-order valence-corrected chi connectivity index (χ3v) is 5.56. The van der Waals surface area contributed by atoms with Crippen LogP contribution in [0.1, 0.15) is 36.8 Å². The maximum Gasteiger partial charge on any atom is 0.407 e. The summed E-state index contributed by atoms with van der Waals surface area (Å²) in [6.07, 6.45) is -0.188. The van der Waals surface area contributed by atoms with Crippen LogP contribution >= 0.6 is 0 Å². The molecule has 0 heterocycles. The van der Waals surface area contributed by atoms with Gasteiger partial charge in [0.2, 0.25) is 5.91 Å². The molecule has 0 saturated carbocycles. The van der Waals surface area contributed by atoms with Gasteiger partial charge in [0.1, 0.15) is 6.61 Å². The summed E-state index contributed by atoms with van der Waals surface area (Å²) in [5, 5.41) is 14.2. The smallest absolute Gasteiger partial charge is 0.407 e. The molecule has 8 heteroatoms. The predicted molar refractivity (Wildman–Crippen MR) is 118 cm³/mol. The number of fused-ring (bicyclic) bond motifs is 3. The molecule has 2 aromatic carbocycles. The standard InChI is InChI=1S/C24H28N2O6/c1-3-15(12-22(27)26-21(14-31-2)23(28)29)25-24(30)32-13-20-18-10-6-4-8-16(18)17-9-5-7-11-19(17)20/h4-11,15,20-21H,3,12-14H2,1-2H3,(H,25,30)(H,26,27)(H,28,29). The molecule has 170 valence electrons. The second kappa shape index (κ2) is 10.8. The van der Waals surface area contributed by atoms with Crippen LogP contribution in [0.25, 0.3) is 11.1 Å². The van der Waals surface area contributed by atoms with Crippen molar-refractivity contribution in [1.29, 1.82) is 0 Å². The van der Waals surface area contributed by atoms with Crippen molar-refractivity contribution < 1.29 is 29.0 Å². The fourth-order valence-electron chi connectivity index (χ4n) is 3.92. The Balaban J connectivity index is 1.56. The molecule has 2 unspecified atom stereocenters. The van der Waals surface area contributed by atoms with Crippen molar-refractivity contribution in [2.75, 3.05) is 20.3 Å². The van der Waals surface area contributed by atoms with E-state index in [9.17, 15) is 14.4 Å². The highest BCUT2D eigenvalue weighted by atomic mass is 16.5. The summed E-state index contributed by atoms with van der Waals surface area (Å²) in [5.74, 6) is -1.72. The second-order valence-corrected chi connectivity index (χ2v) is 7.69. The van der Waals surface area contributed by atoms with Crippen LogP contribution in [-0.4, -0.2) is 55.5 Å². The first-order chi connectivity index (χ1) is 15.4. The summed E-state index contributed by atoms with van der Waals surface area (Å²) in [6.45, 7) is 1.86. The number of amides is 2. The van der Waals surface area contributed by atoms with Gasteiger partial charge in [-0.1, -0.05) is 55.5 Å². The van der Waals surface area contributed by atoms with Gasteiger partial charge in [0.05, 0.1) is 6.61 Å². The quantitative estimate of drug-likeness (QED) is 0.524. The number of methoxy groups -OCH3 is 1. The Morgan fingerprint density at radius 3 is 2.12 bits per heavy atom. The first kappa shape index (κ1) is 23.3. The topological polar surface area (TPSA) is 114 Å². The maximum absolute atomic E-state index is 12.4. The monoisotopic (exact) mass is 440 g/mol. The third kappa shape index (κ3) is 5.45. The van der Waals surface area contributed by atoms with Crippen LogP contribution in [0.3, 0.4) is 0 Å². The van der Waals surface area contributed by atoms with Crippen molar-refractivity contribution in [1.82, 2.24) is 10.6 Å². The van der Waals surface area contributed by atoms with Crippen LogP contribution < -0.4 is 10.6 Å². The lowest BCUT2D eigenvalue weighted by Gasteiger charge is -2.20. The Kier molecular flexibility index (Phi) is 7.83. The van der Waals surface area contributed by atoms with Crippen molar-refractivity contribution in [3.63, 3.8) is 0 Å². The number of nitrogens with one attached hydrogen (secondary N) is 2. The summed E-state index contributed by atoms with van der Waals surface area (Å²) in [7, 11) is 1.36. The molecule has 32 heavy (non-hydrogen) atoms. The van der Waals surface area contributed by atoms with Gasteiger partial charge in [-0.25, -0.2) is 9.59 Å². The van der Waals surface area contributed by atoms with Crippen molar-refractivity contribution in [2.45, 2.75) is 37.8 Å². The summed E-state index contributed by atoms with van der Waals surface area (Å²) in [4.78, 5) is 35.8. The number of ether oxygens (including phenoxy) is 2. The van der Waals surface area contributed by atoms with Gasteiger partial charge in [-0.15, -0.1) is 0 Å². The number of rotatable bonds is 10. The molecular formula is C24H28N2O6. The molecule has 0 bridgehead atoms. The Morgan fingerprint density at radius 1 is 1.00 bits per heavy atom. The van der Waals surface area contributed by atoms with E-state index in [0.717, 1.165) is 22.3 Å². The molecule has 0 saturated heterocycles. The highest BCUT2D eigenvalue weighted by Gasteiger charge is 2.29. The van der Waals surface area contributed by atoms with Crippen LogP contribution in [0.5, 0.6) is 0 Å². The Hall–Kier alpha value is -3.39. The highest BCUT2D eigenvalue weighted by Crippen LogP contribution is 2.44. The van der Waals surface area contributed by atoms with E-state index >= 15 is 0 Å². The van der Waals surface area contributed by atoms with E-state index in [-0.39, 0.29) is 25.6 Å². The summed E-state index contributed by atoms with van der Waals surface area (Å²) < 4.78 is 10.3. The largest absolute Gasteiger partial charge is 0.480 e. The SMILES string of the molecule is CCC(CC(=O)NC(COC)C(=O)O)NC(=O)OCC1c2ccccc2-c2ccccc21. The van der Waals surface area contributed by atoms with Crippen molar-refractivity contribution in [3.8, 4) is 11.1 Å². The average Bonchev–Trinajstić information content (AvgIpc) is 3.10. The fraction of sp³-hybridized carbons (Fsp3) is 0.375. The van der Waals surface area contributed by atoms with Crippen molar-refractivity contribution in [2.24, 2.45) is 0 Å². The molecule has 3 N–H and O–H groups in total. The van der Waals surface area contributed by atoms with Crippen LogP contribution in [0.2, 0.25) is 0 Å². The lowest BCUT2D eigenvalue weighted by Crippen LogP contribution is -2.46. The van der Waals surface area contributed by atoms with E-state index in [0.29, 0.717) is 6.42 Å². The number of hydrogen-bond acceptors (Lipinski definition) is 5. The van der Waals surface area contributed by atoms with Gasteiger partial charge in [-0.05, 0) is 28.7 Å². The molecule has 0 aromatic heterocycles. The second-order valence-electron chi connectivity index (χ2n) is 7.69. The van der Waals surface area contributed by atoms with Crippen LogP contribution in [0.15, 0.2) is 48.5 Å². The number of carboxylic acids is 1. The third-order valence-electron chi connectivity index (χ3n) is 5.56. The molecule has 0 fully saturated rings. The van der Waals surface area contributed by atoms with Gasteiger partial charge < -0.3 is 25.2 Å². The lowest BCUT2D eigenvalue weighted by molar-refractivity contribution is -0.143. The molecule has 0 aliphatic heterocycles. The van der Waals surface area contributed by atoms with E-state index < -0.39 is 30.1 Å². The summed E-state index contributed by atoms with van der Waals surface area (Å²) in [5.41, 5.74) is 4.52. The van der Waals surface area contributed by atoms with E-state index in [2.05, 4.69) is 22.8 Å². The minimum atomic E-state index is -1.18. The first-order valence-corrected chi connectivity index (χ1v) is 10.6. The first-order valence-electron chi connectivity index (χ1n) is 10.6. The van der Waals surface area contributed by atoms with Gasteiger partial charge in [-0.2, -0.15) is 0 Å². The van der Waals surface area contributed by atoms with Crippen LogP contribution in [0.4, 0.5) is 4.79 Å². The van der Waals surface area contributed by atoms with E-state index in [1.807, 2.05) is 43.3 Å². The number of hydrogen-bond donors (Lipinski definition) is 3. The number of carboxylic acid groups (broad SMARTS) is 1. The number of aliphatic carboxylic acids is 1. The highest BCUT2D eigenvalue weighted by molar-refractivity contribution is 5.84. The van der Waals surface area contributed by atoms with Crippen LogP contribution in [0, 0.1) is 0 Å². The van der Waals surface area contributed by atoms with Gasteiger partial charge >= 0.3 is 12.1 Å². The molecular weight excluding hydrogens is 412 g/mol. The lowest BCUT2D eigenvalue weighted by atomic mass is 9.98. The number of carbonyl (C=O) groups excluding carboxylic acids is 2. The average molecular weight is 440 g/mol. The molecule has 2 aromatic rings. The van der Waals surface area contributed by atoms with E-state index in [1.165, 1.54) is 7.11 Å². The number of benzene rings is 2. The zero-order valence-electron chi connectivity index (χ0n) is 18.2. The minimum absolute atomic E-state index is 0.0538. The number of alkyl carbamates (subject to hydrolysis) is 1. The minimum Gasteiger partial charge on any atom is -0.480 e. The van der Waals surface area contributed by atoms with Gasteiger partial charge in [0.25, 0.3) is 0 Å². The molecule has 2 atom stereocenters. The Morgan fingerprint density at radius 2 is 1.59 bits per heavy atom. The molecule has 3 rings (SSSR count). The predicted octanol–water partition coefficient (Wildman–Crippen LogP) is 2.91. The van der Waals surface area contributed by atoms with Gasteiger partial charge in [-0.3, -0.25) is 4.79 Å². The molecule has 1 aliphatic rings. The zero-order valence-corrected chi connectivity index (χ0v) is 18.2. The normalized spacial score (nSPS) is 14.1. The molecule has 0 spiro atoms. The molecule has 0 radical (unpaired) electrons. The maximum atomic E-state index is 12.4. The Labute approximate surface area is 186 Å². The molecule has 1 aliphatic carbocycles. The number of carbonyl (C=O) groups is 3. The van der Waals surface area contributed by atoms with E-state index in [4.69, 9.17) is 14.6 Å². The fourth-order valence-corrected chi connectivity index (χ4v) is 3.92. The van der Waals surface area contributed by atoms with Gasteiger partial charge in [0, 0.05) is 25.5 Å². The zero-order chi connectivity index (χ0) is 23.1. The Bertz CT molecular complexity index is 931. The molecule has 2 amide bonds. The van der Waals surface area contributed by atoms with Crippen molar-refractivity contribution >= 4 is 18.0 Å². The summed E-state index contributed by atoms with van der Waals surface area (Å²) in [6, 6.07) is 14.5. The molecule has 8 nitrogen and oxygen atoms in total.